The van der Waals surface area contributed by atoms with E-state index in [-0.39, 0.29) is 52.0 Å². The van der Waals surface area contributed by atoms with Crippen LogP contribution in [0, 0.1) is 36.0 Å². The van der Waals surface area contributed by atoms with Crippen LogP contribution in [0.5, 0.6) is 23.0 Å². The molecule has 2 fully saturated rings. The number of rotatable bonds is 4. The summed E-state index contributed by atoms with van der Waals surface area (Å²) in [5.41, 5.74) is -0.463. The predicted octanol–water partition coefficient (Wildman–Crippen LogP) is 5.79. The van der Waals surface area contributed by atoms with Crippen LogP contribution >= 0.6 is 0 Å². The van der Waals surface area contributed by atoms with Crippen molar-refractivity contribution in [3.8, 4) is 23.0 Å². The molecule has 7 rings (SSSR count). The average molecular weight is 671 g/mol. The normalized spacial score (nSPS) is 30.7. The highest BCUT2D eigenvalue weighted by atomic mass is 16.5. The summed E-state index contributed by atoms with van der Waals surface area (Å²) in [5, 5.41) is 12.3. The van der Waals surface area contributed by atoms with Gasteiger partial charge < -0.3 is 24.1 Å². The molecule has 2 aromatic rings. The lowest BCUT2D eigenvalue weighted by Gasteiger charge is -2.49. The number of hydrogen-bond acceptors (Lipinski definition) is 9. The van der Waals surface area contributed by atoms with Crippen LogP contribution in [0.4, 0.5) is 0 Å². The van der Waals surface area contributed by atoms with Gasteiger partial charge in [-0.25, -0.2) is 0 Å². The molecule has 2 heterocycles. The first-order chi connectivity index (χ1) is 23.1. The van der Waals surface area contributed by atoms with E-state index in [1.807, 2.05) is 20.8 Å². The fourth-order valence-corrected chi connectivity index (χ4v) is 7.81. The monoisotopic (exact) mass is 670 g/mol. The highest BCUT2D eigenvalue weighted by Gasteiger charge is 2.51. The molecule has 2 aromatic carbocycles. The summed E-state index contributed by atoms with van der Waals surface area (Å²) in [6.07, 6.45) is 9.18. The second-order valence-electron chi connectivity index (χ2n) is 16.1. The van der Waals surface area contributed by atoms with Crippen LogP contribution in [0.1, 0.15) is 89.3 Å². The molecule has 5 atom stereocenters. The number of hydrogen-bond donors (Lipinski definition) is 1. The van der Waals surface area contributed by atoms with Gasteiger partial charge >= 0.3 is 11.9 Å². The summed E-state index contributed by atoms with van der Waals surface area (Å²) >= 11 is 0. The fraction of sp³-hybridized carbons (Fsp3) is 0.550. The maximum atomic E-state index is 13.1. The number of aliphatic hydroxyl groups excluding tert-OH is 1. The smallest absolute Gasteiger partial charge is 0.314 e. The third kappa shape index (κ3) is 6.66. The zero-order valence-electron chi connectivity index (χ0n) is 29.0. The Morgan fingerprint density at radius 1 is 0.816 bits per heavy atom. The Morgan fingerprint density at radius 2 is 1.45 bits per heavy atom. The molecule has 2 aliphatic heterocycles. The van der Waals surface area contributed by atoms with Gasteiger partial charge in [0.2, 0.25) is 10.9 Å². The molecule has 0 saturated heterocycles. The summed E-state index contributed by atoms with van der Waals surface area (Å²) < 4.78 is 24.7. The SMILES string of the molecule is Cc1cc(=O)c(OC(=O)C2CC2)cc2c1C[C@H]1C[C@H](O)[C@@]3(C)Oc4cc(OC(=O)C5CC5)c(=O)ccc4C[C@H]3CC(C)(C)/C=C/C[C@]1(C)O2. The molecular weight excluding hydrogens is 624 g/mol. The number of ether oxygens (including phenoxy) is 4. The second-order valence-corrected chi connectivity index (χ2v) is 16.1. The summed E-state index contributed by atoms with van der Waals surface area (Å²) in [5.74, 6) is -0.569. The quantitative estimate of drug-likeness (QED) is 0.318. The lowest BCUT2D eigenvalue weighted by atomic mass is 9.68. The maximum Gasteiger partial charge on any atom is 0.314 e. The van der Waals surface area contributed by atoms with Gasteiger partial charge in [0.1, 0.15) is 22.7 Å². The van der Waals surface area contributed by atoms with Gasteiger partial charge in [0.05, 0.1) is 17.9 Å². The number of aliphatic hydroxyl groups is 1. The Bertz CT molecular complexity index is 1860. The minimum absolute atomic E-state index is 0.0297. The predicted molar refractivity (Wildman–Crippen MR) is 182 cm³/mol. The van der Waals surface area contributed by atoms with Crippen molar-refractivity contribution in [1.82, 2.24) is 0 Å². The maximum absolute atomic E-state index is 13.1. The van der Waals surface area contributed by atoms with Crippen LogP contribution in [0.3, 0.4) is 0 Å². The van der Waals surface area contributed by atoms with E-state index in [1.54, 1.807) is 12.1 Å². The number of esters is 2. The van der Waals surface area contributed by atoms with Gasteiger partial charge in [0, 0.05) is 30.4 Å². The first kappa shape index (κ1) is 33.5. The van der Waals surface area contributed by atoms with Gasteiger partial charge in [-0.05, 0) is 106 Å². The first-order valence-corrected chi connectivity index (χ1v) is 17.7. The van der Waals surface area contributed by atoms with Gasteiger partial charge in [-0.1, -0.05) is 32.1 Å². The van der Waals surface area contributed by atoms with E-state index in [2.05, 4.69) is 26.0 Å². The lowest BCUT2D eigenvalue weighted by molar-refractivity contribution is -0.136. The van der Waals surface area contributed by atoms with Crippen molar-refractivity contribution < 1.29 is 33.6 Å². The molecule has 0 unspecified atom stereocenters. The molecule has 0 spiro atoms. The topological polar surface area (TPSA) is 125 Å². The van der Waals surface area contributed by atoms with E-state index in [4.69, 9.17) is 18.9 Å². The first-order valence-electron chi connectivity index (χ1n) is 17.7. The highest BCUT2D eigenvalue weighted by molar-refractivity contribution is 5.78. The second kappa shape index (κ2) is 12.1. The Balaban J connectivity index is 1.25. The van der Waals surface area contributed by atoms with Crippen molar-refractivity contribution in [3.05, 3.63) is 79.6 Å². The van der Waals surface area contributed by atoms with E-state index in [9.17, 15) is 24.3 Å². The minimum Gasteiger partial charge on any atom is -0.487 e. The van der Waals surface area contributed by atoms with Crippen molar-refractivity contribution in [2.45, 2.75) is 110 Å². The summed E-state index contributed by atoms with van der Waals surface area (Å²) in [4.78, 5) is 51.2. The molecule has 260 valence electrons. The molecule has 49 heavy (non-hydrogen) atoms. The van der Waals surface area contributed by atoms with Crippen molar-refractivity contribution in [1.29, 1.82) is 0 Å². The molecular formula is C40H46O9. The van der Waals surface area contributed by atoms with Gasteiger partial charge in [0.15, 0.2) is 11.5 Å². The molecule has 0 aromatic heterocycles. The molecule has 9 heteroatoms. The molecule has 0 radical (unpaired) electrons. The molecule has 3 aliphatic carbocycles. The Hall–Kier alpha value is -3.98. The highest BCUT2D eigenvalue weighted by Crippen LogP contribution is 2.49. The third-order valence-electron chi connectivity index (χ3n) is 11.4. The van der Waals surface area contributed by atoms with E-state index in [1.165, 1.54) is 18.2 Å². The molecule has 9 nitrogen and oxygen atoms in total. The fourth-order valence-electron chi connectivity index (χ4n) is 7.81. The van der Waals surface area contributed by atoms with Crippen molar-refractivity contribution in [3.63, 3.8) is 0 Å². The van der Waals surface area contributed by atoms with Crippen molar-refractivity contribution in [2.24, 2.45) is 29.1 Å². The third-order valence-corrected chi connectivity index (χ3v) is 11.4. The van der Waals surface area contributed by atoms with Gasteiger partial charge in [0.25, 0.3) is 0 Å². The van der Waals surface area contributed by atoms with Gasteiger partial charge in [-0.2, -0.15) is 0 Å². The van der Waals surface area contributed by atoms with E-state index in [0.29, 0.717) is 43.6 Å². The lowest BCUT2D eigenvalue weighted by Crippen LogP contribution is -2.56. The molecule has 2 saturated carbocycles. The average Bonchev–Trinajstić information content (AvgIpc) is 3.92. The molecule has 1 N–H and O–H groups in total. The standard InChI is InChI=1S/C40H46O9/c1-22-15-30(42)34(47-37(45)24-9-10-24)20-32-28(22)17-26-18-35(43)40(5)27(21-38(2,3)13-6-14-39(26,4)48-32)16-25-11-12-29(41)33(19-31(25)49-40)46-36(44)23-7-8-23/h6,11-13,15,19-20,23-24,26-27,35,43H,7-10,14,16-18,21H2,1-5H3/b13-6+/t26-,27-,35-,39-,40-/m0/s1. The summed E-state index contributed by atoms with van der Waals surface area (Å²) in [6.45, 7) is 10.2. The van der Waals surface area contributed by atoms with Crippen LogP contribution in [0.25, 0.3) is 0 Å². The number of carbonyl (C=O) groups excluding carboxylic acids is 2. The van der Waals surface area contributed by atoms with Crippen LogP contribution in [-0.2, 0) is 22.4 Å². The van der Waals surface area contributed by atoms with Crippen LogP contribution in [0.15, 0.2) is 52.1 Å². The summed E-state index contributed by atoms with van der Waals surface area (Å²) in [7, 11) is 0. The van der Waals surface area contributed by atoms with Crippen LogP contribution in [-0.4, -0.2) is 34.4 Å². The van der Waals surface area contributed by atoms with Crippen LogP contribution < -0.4 is 29.8 Å². The van der Waals surface area contributed by atoms with Crippen molar-refractivity contribution in [2.75, 3.05) is 0 Å². The van der Waals surface area contributed by atoms with Gasteiger partial charge in [-0.3, -0.25) is 19.2 Å². The minimum atomic E-state index is -1.05. The Kier molecular flexibility index (Phi) is 8.28. The Morgan fingerprint density at radius 3 is 2.10 bits per heavy atom. The molecule has 0 bridgehead atoms. The Labute approximate surface area is 286 Å². The number of allylic oxidation sites excluding steroid dienone is 1. The number of aryl methyl sites for hydroxylation is 1. The zero-order chi connectivity index (χ0) is 34.9. The van der Waals surface area contributed by atoms with E-state index < -0.39 is 28.7 Å². The number of carbonyl (C=O) groups is 2. The molecule has 5 aliphatic rings. The largest absolute Gasteiger partial charge is 0.487 e. The zero-order valence-corrected chi connectivity index (χ0v) is 29.0. The van der Waals surface area contributed by atoms with Gasteiger partial charge in [-0.15, -0.1) is 0 Å². The molecule has 0 amide bonds. The van der Waals surface area contributed by atoms with Crippen LogP contribution in [0.2, 0.25) is 0 Å². The summed E-state index contributed by atoms with van der Waals surface area (Å²) in [6, 6.07) is 7.77. The van der Waals surface area contributed by atoms with Crippen molar-refractivity contribution >= 4 is 11.9 Å². The van der Waals surface area contributed by atoms with E-state index >= 15 is 0 Å². The number of fused-ring (bicyclic) bond motifs is 4. The van der Waals surface area contributed by atoms with E-state index in [0.717, 1.165) is 42.4 Å².